The molecule has 0 radical (unpaired) electrons. The molecule has 2 heterocycles. The number of nitrogens with zero attached hydrogens (tertiary/aromatic N) is 2. The molecule has 1 aliphatic heterocycles. The highest BCUT2D eigenvalue weighted by Gasteiger charge is 2.29. The summed E-state index contributed by atoms with van der Waals surface area (Å²) in [6.45, 7) is 2.38. The molecule has 1 aliphatic rings. The second-order valence-corrected chi connectivity index (χ2v) is 5.67. The van der Waals surface area contributed by atoms with Crippen molar-refractivity contribution in [2.45, 2.75) is 38.6 Å². The van der Waals surface area contributed by atoms with Gasteiger partial charge < -0.3 is 19.7 Å². The molecule has 0 bridgehead atoms. The number of urea groups is 1. The Kier molecular flexibility index (Phi) is 6.86. The summed E-state index contributed by atoms with van der Waals surface area (Å²) in [6.07, 6.45) is -1.38. The highest BCUT2D eigenvalue weighted by molar-refractivity contribution is 5.74. The first-order valence-corrected chi connectivity index (χ1v) is 8.17. The molecule has 2 rings (SSSR count). The molecule has 0 aliphatic carbocycles. The molecule has 1 N–H and O–H groups in total. The van der Waals surface area contributed by atoms with Crippen LogP contribution < -0.4 is 10.1 Å². The molecule has 1 aromatic heterocycles. The molecule has 2 amide bonds. The number of nitrogens with one attached hydrogen (secondary N) is 1. The molecule has 0 atom stereocenters. The summed E-state index contributed by atoms with van der Waals surface area (Å²) < 4.78 is 47.1. The lowest BCUT2D eigenvalue weighted by atomic mass is 10.1. The van der Waals surface area contributed by atoms with E-state index in [0.29, 0.717) is 25.3 Å². The lowest BCUT2D eigenvalue weighted by Gasteiger charge is -2.31. The van der Waals surface area contributed by atoms with Gasteiger partial charge in [0, 0.05) is 38.0 Å². The van der Waals surface area contributed by atoms with E-state index in [1.807, 2.05) is 6.92 Å². The Morgan fingerprint density at radius 2 is 2.12 bits per heavy atom. The summed E-state index contributed by atoms with van der Waals surface area (Å²) >= 11 is 0. The van der Waals surface area contributed by atoms with Crippen LogP contribution in [0.1, 0.15) is 25.3 Å². The van der Waals surface area contributed by atoms with Crippen molar-refractivity contribution in [3.05, 3.63) is 23.9 Å². The fourth-order valence-corrected chi connectivity index (χ4v) is 2.58. The van der Waals surface area contributed by atoms with Gasteiger partial charge in [-0.25, -0.2) is 9.78 Å². The van der Waals surface area contributed by atoms with Gasteiger partial charge in [-0.1, -0.05) is 6.07 Å². The second kappa shape index (κ2) is 8.89. The summed E-state index contributed by atoms with van der Waals surface area (Å²) in [6, 6.07) is 2.89. The Morgan fingerprint density at radius 1 is 1.40 bits per heavy atom. The summed E-state index contributed by atoms with van der Waals surface area (Å²) in [5, 5.41) is 2.70. The number of pyridine rings is 1. The predicted octanol–water partition coefficient (Wildman–Crippen LogP) is 2.73. The maximum Gasteiger partial charge on any atom is 0.422 e. The van der Waals surface area contributed by atoms with Crippen LogP contribution in [0.4, 0.5) is 18.0 Å². The summed E-state index contributed by atoms with van der Waals surface area (Å²) in [4.78, 5) is 17.7. The highest BCUT2D eigenvalue weighted by atomic mass is 19.4. The van der Waals surface area contributed by atoms with Crippen molar-refractivity contribution in [3.8, 4) is 5.88 Å². The number of ether oxygens (including phenoxy) is 2. The van der Waals surface area contributed by atoms with Gasteiger partial charge in [-0.2, -0.15) is 13.2 Å². The molecule has 1 fully saturated rings. The van der Waals surface area contributed by atoms with Crippen LogP contribution >= 0.6 is 0 Å². The van der Waals surface area contributed by atoms with Gasteiger partial charge in [0.1, 0.15) is 0 Å². The van der Waals surface area contributed by atoms with Crippen molar-refractivity contribution < 1.29 is 27.4 Å². The molecule has 25 heavy (non-hydrogen) atoms. The molecule has 0 aromatic carbocycles. The molecule has 140 valence electrons. The molecule has 6 nitrogen and oxygen atoms in total. The predicted molar refractivity (Wildman–Crippen MR) is 84.2 cm³/mol. The van der Waals surface area contributed by atoms with Crippen molar-refractivity contribution in [1.82, 2.24) is 15.2 Å². The number of hydrogen-bond acceptors (Lipinski definition) is 4. The smallest absolute Gasteiger partial charge is 0.422 e. The van der Waals surface area contributed by atoms with Crippen molar-refractivity contribution in [1.29, 1.82) is 0 Å². The number of piperidine rings is 1. The van der Waals surface area contributed by atoms with Gasteiger partial charge >= 0.3 is 12.2 Å². The Morgan fingerprint density at radius 3 is 2.76 bits per heavy atom. The quantitative estimate of drug-likeness (QED) is 0.846. The zero-order chi connectivity index (χ0) is 18.3. The average molecular weight is 361 g/mol. The molecule has 0 spiro atoms. The Labute approximate surface area is 144 Å². The van der Waals surface area contributed by atoms with E-state index in [-0.39, 0.29) is 24.6 Å². The number of aromatic nitrogens is 1. The van der Waals surface area contributed by atoms with Crippen molar-refractivity contribution in [3.63, 3.8) is 0 Å². The third-order valence-electron chi connectivity index (χ3n) is 3.78. The average Bonchev–Trinajstić information content (AvgIpc) is 2.59. The van der Waals surface area contributed by atoms with E-state index < -0.39 is 12.8 Å². The van der Waals surface area contributed by atoms with Gasteiger partial charge in [0.15, 0.2) is 6.61 Å². The highest BCUT2D eigenvalue weighted by Crippen LogP contribution is 2.20. The van der Waals surface area contributed by atoms with Gasteiger partial charge in [0.05, 0.1) is 6.10 Å². The van der Waals surface area contributed by atoms with Crippen LogP contribution in [0.2, 0.25) is 0 Å². The van der Waals surface area contributed by atoms with Crippen LogP contribution in [0, 0.1) is 0 Å². The number of likely N-dealkylation sites (tertiary alicyclic amines) is 1. The maximum atomic E-state index is 12.3. The van der Waals surface area contributed by atoms with Crippen molar-refractivity contribution in [2.24, 2.45) is 0 Å². The van der Waals surface area contributed by atoms with Crippen LogP contribution in [0.25, 0.3) is 0 Å². The number of alkyl halides is 3. The standard InChI is InChI=1S/C16H22F3N3O3/c1-2-24-13-5-8-22(9-6-13)15(23)21-10-12-4-3-7-20-14(12)25-11-16(17,18)19/h3-4,7,13H,2,5-6,8-11H2,1H3,(H,21,23). The third kappa shape index (κ3) is 6.41. The minimum Gasteiger partial charge on any atom is -0.468 e. The zero-order valence-corrected chi connectivity index (χ0v) is 14.0. The Hall–Kier alpha value is -2.03. The van der Waals surface area contributed by atoms with Crippen LogP contribution in [0.15, 0.2) is 18.3 Å². The van der Waals surface area contributed by atoms with E-state index in [0.717, 1.165) is 12.8 Å². The van der Waals surface area contributed by atoms with Crippen molar-refractivity contribution >= 4 is 6.03 Å². The molecule has 1 aromatic rings. The second-order valence-electron chi connectivity index (χ2n) is 5.67. The third-order valence-corrected chi connectivity index (χ3v) is 3.78. The van der Waals surface area contributed by atoms with E-state index >= 15 is 0 Å². The Bertz CT molecular complexity index is 561. The van der Waals surface area contributed by atoms with E-state index in [1.165, 1.54) is 6.20 Å². The SMILES string of the molecule is CCOC1CCN(C(=O)NCc2cccnc2OCC(F)(F)F)CC1. The minimum atomic E-state index is -4.44. The monoisotopic (exact) mass is 361 g/mol. The van der Waals surface area contributed by atoms with Gasteiger partial charge in [-0.3, -0.25) is 0 Å². The van der Waals surface area contributed by atoms with Crippen molar-refractivity contribution in [2.75, 3.05) is 26.3 Å². The summed E-state index contributed by atoms with van der Waals surface area (Å²) in [7, 11) is 0. The number of rotatable bonds is 6. The molecular formula is C16H22F3N3O3. The van der Waals surface area contributed by atoms with Crippen LogP contribution in [-0.2, 0) is 11.3 Å². The number of carbonyl (C=O) groups is 1. The first kappa shape index (κ1) is 19.3. The molecule has 0 unspecified atom stereocenters. The largest absolute Gasteiger partial charge is 0.468 e. The zero-order valence-electron chi connectivity index (χ0n) is 14.0. The summed E-state index contributed by atoms with van der Waals surface area (Å²) in [5.41, 5.74) is 0.393. The topological polar surface area (TPSA) is 63.7 Å². The fraction of sp³-hybridized carbons (Fsp3) is 0.625. The number of amides is 2. The molecule has 1 saturated heterocycles. The van der Waals surface area contributed by atoms with E-state index in [2.05, 4.69) is 10.3 Å². The van der Waals surface area contributed by atoms with Crippen LogP contribution in [0.3, 0.4) is 0 Å². The number of hydrogen-bond donors (Lipinski definition) is 1. The minimum absolute atomic E-state index is 0.0469. The van der Waals surface area contributed by atoms with Gasteiger partial charge in [-0.15, -0.1) is 0 Å². The fourth-order valence-electron chi connectivity index (χ4n) is 2.58. The van der Waals surface area contributed by atoms with Gasteiger partial charge in [0.25, 0.3) is 0 Å². The molecular weight excluding hydrogens is 339 g/mol. The van der Waals surface area contributed by atoms with E-state index in [4.69, 9.17) is 9.47 Å². The lowest BCUT2D eigenvalue weighted by molar-refractivity contribution is -0.154. The summed E-state index contributed by atoms with van der Waals surface area (Å²) in [5.74, 6) is -0.129. The van der Waals surface area contributed by atoms with E-state index in [9.17, 15) is 18.0 Å². The normalized spacial score (nSPS) is 15.9. The number of halogens is 3. The molecule has 9 heteroatoms. The lowest BCUT2D eigenvalue weighted by Crippen LogP contribution is -2.45. The van der Waals surface area contributed by atoms with Gasteiger partial charge in [-0.05, 0) is 25.8 Å². The van der Waals surface area contributed by atoms with Gasteiger partial charge in [0.2, 0.25) is 5.88 Å². The first-order valence-electron chi connectivity index (χ1n) is 8.17. The number of carbonyl (C=O) groups excluding carboxylic acids is 1. The first-order chi connectivity index (χ1) is 11.9. The molecule has 0 saturated carbocycles. The van der Waals surface area contributed by atoms with Crippen LogP contribution in [0.5, 0.6) is 5.88 Å². The maximum absolute atomic E-state index is 12.3. The Balaban J connectivity index is 1.84. The van der Waals surface area contributed by atoms with E-state index in [1.54, 1.807) is 17.0 Å². The van der Waals surface area contributed by atoms with Crippen LogP contribution in [-0.4, -0.2) is 54.5 Å².